The molecule has 0 aromatic heterocycles. The molecule has 0 unspecified atom stereocenters. The number of nitrogens with one attached hydrogen (secondary N) is 1. The van der Waals surface area contributed by atoms with E-state index in [2.05, 4.69) is 12.2 Å². The Morgan fingerprint density at radius 1 is 1.12 bits per heavy atom. The molecule has 3 heteroatoms. The molecule has 1 atom stereocenters. The molecule has 2 N–H and O–H groups in total. The highest BCUT2D eigenvalue weighted by atomic mass is 16.3. The molecule has 0 heterocycles. The van der Waals surface area contributed by atoms with Gasteiger partial charge in [-0.3, -0.25) is 4.79 Å². The molecule has 96 valence electrons. The van der Waals surface area contributed by atoms with Crippen molar-refractivity contribution in [3.05, 3.63) is 0 Å². The molecule has 16 heavy (non-hydrogen) atoms. The number of carbonyl (C=O) groups is 1. The van der Waals surface area contributed by atoms with Crippen molar-refractivity contribution in [2.75, 3.05) is 6.61 Å². The van der Waals surface area contributed by atoms with Crippen molar-refractivity contribution < 1.29 is 9.90 Å². The van der Waals surface area contributed by atoms with Crippen LogP contribution in [-0.2, 0) is 4.79 Å². The molecule has 0 saturated heterocycles. The monoisotopic (exact) mass is 229 g/mol. The van der Waals surface area contributed by atoms with Gasteiger partial charge in [-0.1, -0.05) is 45.4 Å². The van der Waals surface area contributed by atoms with Gasteiger partial charge in [0.25, 0.3) is 0 Å². The van der Waals surface area contributed by atoms with E-state index in [0.717, 1.165) is 12.8 Å². The summed E-state index contributed by atoms with van der Waals surface area (Å²) in [6, 6.07) is -0.114. The lowest BCUT2D eigenvalue weighted by atomic mass is 10.1. The zero-order valence-corrected chi connectivity index (χ0v) is 10.8. The van der Waals surface area contributed by atoms with Crippen LogP contribution >= 0.6 is 0 Å². The van der Waals surface area contributed by atoms with E-state index in [4.69, 9.17) is 5.11 Å². The Bertz CT molecular complexity index is 171. The van der Waals surface area contributed by atoms with Gasteiger partial charge in [0.1, 0.15) is 0 Å². The van der Waals surface area contributed by atoms with Gasteiger partial charge >= 0.3 is 0 Å². The Morgan fingerprint density at radius 2 is 1.69 bits per heavy atom. The largest absolute Gasteiger partial charge is 0.394 e. The third kappa shape index (κ3) is 9.97. The summed E-state index contributed by atoms with van der Waals surface area (Å²) in [5.41, 5.74) is 0. The van der Waals surface area contributed by atoms with E-state index in [1.807, 2.05) is 6.92 Å². The Kier molecular flexibility index (Phi) is 10.5. The van der Waals surface area contributed by atoms with E-state index in [1.165, 1.54) is 32.1 Å². The predicted octanol–water partition coefficient (Wildman–Crippen LogP) is 2.62. The summed E-state index contributed by atoms with van der Waals surface area (Å²) < 4.78 is 0. The SMILES string of the molecule is CCCCCCCCCC(=O)N[C@H](C)CO. The predicted molar refractivity (Wildman–Crippen MR) is 67.3 cm³/mol. The highest BCUT2D eigenvalue weighted by Gasteiger charge is 2.04. The van der Waals surface area contributed by atoms with Crippen molar-refractivity contribution in [1.29, 1.82) is 0 Å². The third-order valence-electron chi connectivity index (χ3n) is 2.69. The average Bonchev–Trinajstić information content (AvgIpc) is 2.27. The van der Waals surface area contributed by atoms with Gasteiger partial charge in [-0.2, -0.15) is 0 Å². The third-order valence-corrected chi connectivity index (χ3v) is 2.69. The van der Waals surface area contributed by atoms with Gasteiger partial charge in [0.05, 0.1) is 6.61 Å². The van der Waals surface area contributed by atoms with Crippen molar-refractivity contribution in [1.82, 2.24) is 5.32 Å². The number of hydrogen-bond donors (Lipinski definition) is 2. The van der Waals surface area contributed by atoms with Crippen LogP contribution in [0.1, 0.15) is 65.2 Å². The Labute approximate surface area is 99.6 Å². The van der Waals surface area contributed by atoms with Gasteiger partial charge in [0, 0.05) is 12.5 Å². The molecule has 1 amide bonds. The lowest BCUT2D eigenvalue weighted by Crippen LogP contribution is -2.34. The van der Waals surface area contributed by atoms with Crippen molar-refractivity contribution in [2.24, 2.45) is 0 Å². The van der Waals surface area contributed by atoms with Crippen LogP contribution in [0.5, 0.6) is 0 Å². The number of hydrogen-bond acceptors (Lipinski definition) is 2. The number of aliphatic hydroxyl groups is 1. The first-order valence-corrected chi connectivity index (χ1v) is 6.61. The van der Waals surface area contributed by atoms with Crippen LogP contribution in [0, 0.1) is 0 Å². The fourth-order valence-corrected chi connectivity index (χ4v) is 1.64. The van der Waals surface area contributed by atoms with Gasteiger partial charge in [-0.05, 0) is 13.3 Å². The van der Waals surface area contributed by atoms with Crippen LogP contribution in [0.4, 0.5) is 0 Å². The van der Waals surface area contributed by atoms with Crippen molar-refractivity contribution in [3.8, 4) is 0 Å². The van der Waals surface area contributed by atoms with Gasteiger partial charge in [0.2, 0.25) is 5.91 Å². The average molecular weight is 229 g/mol. The quantitative estimate of drug-likeness (QED) is 0.566. The minimum atomic E-state index is -0.114. The van der Waals surface area contributed by atoms with Crippen LogP contribution < -0.4 is 5.32 Å². The lowest BCUT2D eigenvalue weighted by Gasteiger charge is -2.10. The maximum Gasteiger partial charge on any atom is 0.220 e. The van der Waals surface area contributed by atoms with Crippen molar-refractivity contribution in [3.63, 3.8) is 0 Å². The van der Waals surface area contributed by atoms with E-state index in [1.54, 1.807) is 0 Å². The maximum atomic E-state index is 11.3. The summed E-state index contributed by atoms with van der Waals surface area (Å²) in [5, 5.41) is 11.5. The number of carbonyl (C=O) groups excluding carboxylic acids is 1. The normalized spacial score (nSPS) is 12.4. The standard InChI is InChI=1S/C13H27NO2/c1-3-4-5-6-7-8-9-10-13(16)14-12(2)11-15/h12,15H,3-11H2,1-2H3,(H,14,16)/t12-/m1/s1. The number of amides is 1. The van der Waals surface area contributed by atoms with Crippen molar-refractivity contribution >= 4 is 5.91 Å². The van der Waals surface area contributed by atoms with E-state index in [0.29, 0.717) is 6.42 Å². The summed E-state index contributed by atoms with van der Waals surface area (Å²) in [6.45, 7) is 4.04. The highest BCUT2D eigenvalue weighted by Crippen LogP contribution is 2.08. The van der Waals surface area contributed by atoms with Crippen LogP contribution in [0.25, 0.3) is 0 Å². The molecule has 0 spiro atoms. The zero-order chi connectivity index (χ0) is 12.2. The summed E-state index contributed by atoms with van der Waals surface area (Å²) in [4.78, 5) is 11.3. The first kappa shape index (κ1) is 15.4. The number of unbranched alkanes of at least 4 members (excludes halogenated alkanes) is 6. The minimum Gasteiger partial charge on any atom is -0.394 e. The molecule has 0 aliphatic heterocycles. The van der Waals surface area contributed by atoms with Gasteiger partial charge in [-0.15, -0.1) is 0 Å². The topological polar surface area (TPSA) is 49.3 Å². The van der Waals surface area contributed by atoms with E-state index in [-0.39, 0.29) is 18.6 Å². The lowest BCUT2D eigenvalue weighted by molar-refractivity contribution is -0.122. The highest BCUT2D eigenvalue weighted by molar-refractivity contribution is 5.76. The van der Waals surface area contributed by atoms with Gasteiger partial charge in [-0.25, -0.2) is 0 Å². The van der Waals surface area contributed by atoms with Crippen LogP contribution in [-0.4, -0.2) is 23.7 Å². The van der Waals surface area contributed by atoms with Crippen LogP contribution in [0.15, 0.2) is 0 Å². The molecular weight excluding hydrogens is 202 g/mol. The zero-order valence-electron chi connectivity index (χ0n) is 10.8. The fraction of sp³-hybridized carbons (Fsp3) is 0.923. The molecule has 0 bridgehead atoms. The molecule has 0 aromatic rings. The molecule has 0 aliphatic rings. The molecule has 0 aromatic carbocycles. The second-order valence-electron chi connectivity index (χ2n) is 4.52. The summed E-state index contributed by atoms with van der Waals surface area (Å²) in [7, 11) is 0. The molecule has 0 fully saturated rings. The van der Waals surface area contributed by atoms with Gasteiger partial charge in [0.15, 0.2) is 0 Å². The smallest absolute Gasteiger partial charge is 0.220 e. The second-order valence-corrected chi connectivity index (χ2v) is 4.52. The van der Waals surface area contributed by atoms with E-state index < -0.39 is 0 Å². The van der Waals surface area contributed by atoms with Gasteiger partial charge < -0.3 is 10.4 Å². The maximum absolute atomic E-state index is 11.3. The molecule has 0 rings (SSSR count). The first-order valence-electron chi connectivity index (χ1n) is 6.61. The molecule has 0 saturated carbocycles. The molecule has 0 aliphatic carbocycles. The molecule has 0 radical (unpaired) electrons. The molecule has 3 nitrogen and oxygen atoms in total. The van der Waals surface area contributed by atoms with E-state index >= 15 is 0 Å². The summed E-state index contributed by atoms with van der Waals surface area (Å²) in [6.07, 6.45) is 9.17. The Balaban J connectivity index is 3.21. The number of rotatable bonds is 10. The summed E-state index contributed by atoms with van der Waals surface area (Å²) >= 11 is 0. The Morgan fingerprint density at radius 3 is 2.25 bits per heavy atom. The molecular formula is C13H27NO2. The van der Waals surface area contributed by atoms with Crippen LogP contribution in [0.2, 0.25) is 0 Å². The van der Waals surface area contributed by atoms with Crippen LogP contribution in [0.3, 0.4) is 0 Å². The number of aliphatic hydroxyl groups excluding tert-OH is 1. The van der Waals surface area contributed by atoms with Crippen molar-refractivity contribution in [2.45, 2.75) is 71.3 Å². The second kappa shape index (κ2) is 10.9. The van der Waals surface area contributed by atoms with E-state index in [9.17, 15) is 4.79 Å². The fourth-order valence-electron chi connectivity index (χ4n) is 1.64. The summed E-state index contributed by atoms with van der Waals surface area (Å²) in [5.74, 6) is 0.0649. The first-order chi connectivity index (χ1) is 7.70. The Hall–Kier alpha value is -0.570. The minimum absolute atomic E-state index is 0.0166.